The lowest BCUT2D eigenvalue weighted by molar-refractivity contribution is -0.136. The average molecular weight is 377 g/mol. The number of hydrogen-bond donors (Lipinski definition) is 3. The fraction of sp³-hybridized carbons (Fsp3) is 0.200. The predicted octanol–water partition coefficient (Wildman–Crippen LogP) is 2.55. The first-order valence-corrected chi connectivity index (χ1v) is 8.82. The number of nitrogens with zero attached hydrogens (tertiary/aromatic N) is 3. The maximum atomic E-state index is 12.4. The molecule has 0 atom stereocenters. The number of carboxylic acids is 1. The van der Waals surface area contributed by atoms with Crippen molar-refractivity contribution < 1.29 is 9.90 Å². The van der Waals surface area contributed by atoms with Gasteiger partial charge in [-0.25, -0.2) is 9.97 Å². The van der Waals surface area contributed by atoms with Crippen LogP contribution >= 0.6 is 0 Å². The molecule has 0 saturated carbocycles. The summed E-state index contributed by atoms with van der Waals surface area (Å²) in [6, 6.07) is 7.54. The standard InChI is InChI=1S/C20H19N5O3/c1-25(2)20-21-8-7-14(24-20)11-3-5-15-13(9-11)17-12(4-6-16(26)27)10-22-18(17)19(28)23-15/h3,5,7-10,22H,4,6H2,1-2H3,(H,23,28)(H,26,27). The number of carbonyl (C=O) groups is 1. The zero-order valence-electron chi connectivity index (χ0n) is 15.5. The molecule has 0 spiro atoms. The van der Waals surface area contributed by atoms with Crippen LogP contribution in [0.3, 0.4) is 0 Å². The zero-order valence-corrected chi connectivity index (χ0v) is 15.5. The van der Waals surface area contributed by atoms with E-state index in [9.17, 15) is 9.59 Å². The molecule has 0 aliphatic rings. The summed E-state index contributed by atoms with van der Waals surface area (Å²) in [5, 5.41) is 10.6. The molecule has 0 amide bonds. The summed E-state index contributed by atoms with van der Waals surface area (Å²) in [5.74, 6) is -0.269. The van der Waals surface area contributed by atoms with E-state index in [1.807, 2.05) is 43.3 Å². The van der Waals surface area contributed by atoms with E-state index < -0.39 is 5.97 Å². The quantitative estimate of drug-likeness (QED) is 0.492. The average Bonchev–Trinajstić information content (AvgIpc) is 3.11. The number of H-pyrrole nitrogens is 2. The Labute approximate surface area is 159 Å². The highest BCUT2D eigenvalue weighted by Crippen LogP contribution is 2.29. The molecule has 3 aromatic heterocycles. The number of aryl methyl sites for hydroxylation is 1. The third-order valence-corrected chi connectivity index (χ3v) is 4.67. The van der Waals surface area contributed by atoms with Gasteiger partial charge in [-0.3, -0.25) is 9.59 Å². The number of pyridine rings is 1. The minimum absolute atomic E-state index is 0.000951. The molecule has 1 aromatic carbocycles. The smallest absolute Gasteiger partial charge is 0.303 e. The highest BCUT2D eigenvalue weighted by atomic mass is 16.4. The molecule has 8 nitrogen and oxygen atoms in total. The molecular weight excluding hydrogens is 358 g/mol. The van der Waals surface area contributed by atoms with Crippen LogP contribution in [0.5, 0.6) is 0 Å². The molecule has 28 heavy (non-hydrogen) atoms. The zero-order chi connectivity index (χ0) is 19.8. The summed E-state index contributed by atoms with van der Waals surface area (Å²) < 4.78 is 0. The molecular formula is C20H19N5O3. The molecule has 8 heteroatoms. The summed E-state index contributed by atoms with van der Waals surface area (Å²) in [6.07, 6.45) is 3.76. The van der Waals surface area contributed by atoms with Crippen LogP contribution in [-0.2, 0) is 11.2 Å². The van der Waals surface area contributed by atoms with Crippen molar-refractivity contribution in [3.8, 4) is 11.3 Å². The number of rotatable bonds is 5. The van der Waals surface area contributed by atoms with E-state index in [2.05, 4.69) is 19.9 Å². The number of carboxylic acid groups (broad SMARTS) is 1. The first-order chi connectivity index (χ1) is 13.4. The SMILES string of the molecule is CN(C)c1nccc(-c2ccc3[nH]c(=O)c4[nH]cc(CCC(=O)O)c4c3c2)n1. The Balaban J connectivity index is 1.92. The maximum Gasteiger partial charge on any atom is 0.303 e. The largest absolute Gasteiger partial charge is 0.481 e. The molecule has 4 rings (SSSR count). The number of aliphatic carboxylic acids is 1. The first-order valence-electron chi connectivity index (χ1n) is 8.82. The van der Waals surface area contributed by atoms with Crippen molar-refractivity contribution in [2.24, 2.45) is 0 Å². The Morgan fingerprint density at radius 3 is 2.82 bits per heavy atom. The van der Waals surface area contributed by atoms with Gasteiger partial charge >= 0.3 is 5.97 Å². The molecule has 4 aromatic rings. The lowest BCUT2D eigenvalue weighted by Crippen LogP contribution is -2.12. The van der Waals surface area contributed by atoms with Crippen molar-refractivity contribution >= 4 is 33.7 Å². The van der Waals surface area contributed by atoms with Gasteiger partial charge in [-0.15, -0.1) is 0 Å². The summed E-state index contributed by atoms with van der Waals surface area (Å²) in [4.78, 5) is 39.9. The van der Waals surface area contributed by atoms with Crippen LogP contribution in [0.15, 0.2) is 41.5 Å². The minimum Gasteiger partial charge on any atom is -0.481 e. The number of aromatic amines is 2. The van der Waals surface area contributed by atoms with Crippen LogP contribution < -0.4 is 10.5 Å². The molecule has 0 radical (unpaired) electrons. The van der Waals surface area contributed by atoms with Gasteiger partial charge in [-0.1, -0.05) is 6.07 Å². The van der Waals surface area contributed by atoms with Gasteiger partial charge in [0.1, 0.15) is 5.52 Å². The van der Waals surface area contributed by atoms with Crippen LogP contribution in [0.1, 0.15) is 12.0 Å². The van der Waals surface area contributed by atoms with E-state index in [0.717, 1.165) is 27.6 Å². The third kappa shape index (κ3) is 3.09. The minimum atomic E-state index is -0.874. The second kappa shape index (κ2) is 6.80. The van der Waals surface area contributed by atoms with E-state index in [-0.39, 0.29) is 12.0 Å². The Kier molecular flexibility index (Phi) is 4.31. The molecule has 0 fully saturated rings. The van der Waals surface area contributed by atoms with E-state index in [1.54, 1.807) is 12.4 Å². The van der Waals surface area contributed by atoms with Gasteiger partial charge in [0, 0.05) is 54.8 Å². The predicted molar refractivity (Wildman–Crippen MR) is 108 cm³/mol. The molecule has 0 saturated heterocycles. The number of hydrogen-bond acceptors (Lipinski definition) is 5. The number of aromatic nitrogens is 4. The topological polar surface area (TPSA) is 115 Å². The fourth-order valence-corrected chi connectivity index (χ4v) is 3.32. The van der Waals surface area contributed by atoms with Gasteiger partial charge in [0.05, 0.1) is 5.69 Å². The van der Waals surface area contributed by atoms with Crippen LogP contribution in [0.25, 0.3) is 33.1 Å². The summed E-state index contributed by atoms with van der Waals surface area (Å²) in [7, 11) is 3.75. The van der Waals surface area contributed by atoms with Gasteiger partial charge in [-0.2, -0.15) is 0 Å². The summed E-state index contributed by atoms with van der Waals surface area (Å²) in [6.45, 7) is 0. The highest BCUT2D eigenvalue weighted by Gasteiger charge is 2.14. The monoisotopic (exact) mass is 377 g/mol. The van der Waals surface area contributed by atoms with Gasteiger partial charge in [-0.05, 0) is 30.2 Å². The lowest BCUT2D eigenvalue weighted by atomic mass is 10.0. The number of nitrogens with one attached hydrogen (secondary N) is 2. The van der Waals surface area contributed by atoms with Gasteiger partial charge in [0.25, 0.3) is 5.56 Å². The van der Waals surface area contributed by atoms with Crippen molar-refractivity contribution in [3.63, 3.8) is 0 Å². The Bertz CT molecular complexity index is 1260. The van der Waals surface area contributed by atoms with E-state index >= 15 is 0 Å². The van der Waals surface area contributed by atoms with E-state index in [0.29, 0.717) is 23.4 Å². The second-order valence-corrected chi connectivity index (χ2v) is 6.81. The highest BCUT2D eigenvalue weighted by molar-refractivity contribution is 6.07. The molecule has 3 N–H and O–H groups in total. The number of benzene rings is 1. The van der Waals surface area contributed by atoms with Crippen molar-refractivity contribution in [2.45, 2.75) is 12.8 Å². The van der Waals surface area contributed by atoms with Gasteiger partial charge in [0.2, 0.25) is 5.95 Å². The van der Waals surface area contributed by atoms with Crippen molar-refractivity contribution in [1.82, 2.24) is 19.9 Å². The van der Waals surface area contributed by atoms with Crippen molar-refractivity contribution in [2.75, 3.05) is 19.0 Å². The summed E-state index contributed by atoms with van der Waals surface area (Å²) in [5.41, 5.74) is 3.37. The number of fused-ring (bicyclic) bond motifs is 3. The molecule has 0 aliphatic heterocycles. The normalized spacial score (nSPS) is 11.2. The lowest BCUT2D eigenvalue weighted by Gasteiger charge is -2.11. The molecule has 3 heterocycles. The van der Waals surface area contributed by atoms with Crippen molar-refractivity contribution in [3.05, 3.63) is 52.6 Å². The molecule has 142 valence electrons. The Morgan fingerprint density at radius 2 is 2.07 bits per heavy atom. The molecule has 0 aliphatic carbocycles. The van der Waals surface area contributed by atoms with Gasteiger partial charge in [0.15, 0.2) is 0 Å². The van der Waals surface area contributed by atoms with Crippen LogP contribution in [0.4, 0.5) is 5.95 Å². The molecule has 0 unspecified atom stereocenters. The second-order valence-electron chi connectivity index (χ2n) is 6.81. The van der Waals surface area contributed by atoms with Gasteiger partial charge < -0.3 is 20.0 Å². The first kappa shape index (κ1) is 17.7. The fourth-order valence-electron chi connectivity index (χ4n) is 3.32. The summed E-state index contributed by atoms with van der Waals surface area (Å²) >= 11 is 0. The Morgan fingerprint density at radius 1 is 1.25 bits per heavy atom. The Hall–Kier alpha value is -3.68. The van der Waals surface area contributed by atoms with Crippen molar-refractivity contribution in [1.29, 1.82) is 0 Å². The van der Waals surface area contributed by atoms with Crippen LogP contribution in [0.2, 0.25) is 0 Å². The van der Waals surface area contributed by atoms with Crippen LogP contribution in [0, 0.1) is 0 Å². The van der Waals surface area contributed by atoms with E-state index in [1.165, 1.54) is 0 Å². The van der Waals surface area contributed by atoms with E-state index in [4.69, 9.17) is 5.11 Å². The van der Waals surface area contributed by atoms with Crippen LogP contribution in [-0.4, -0.2) is 45.1 Å². The molecule has 0 bridgehead atoms. The third-order valence-electron chi connectivity index (χ3n) is 4.67. The maximum absolute atomic E-state index is 12.4. The number of anilines is 1.